The third-order valence-corrected chi connectivity index (χ3v) is 3.25. The molecule has 118 valence electrons. The molecule has 0 saturated carbocycles. The maximum absolute atomic E-state index is 12.6. The van der Waals surface area contributed by atoms with Crippen LogP contribution in [0.25, 0.3) is 0 Å². The highest BCUT2D eigenvalue weighted by Gasteiger charge is 2.31. The second kappa shape index (κ2) is 6.05. The van der Waals surface area contributed by atoms with E-state index >= 15 is 0 Å². The van der Waals surface area contributed by atoms with E-state index in [1.54, 1.807) is 6.07 Å². The van der Waals surface area contributed by atoms with Gasteiger partial charge in [-0.1, -0.05) is 32.9 Å². The Kier molecular flexibility index (Phi) is 5.04. The van der Waals surface area contributed by atoms with Gasteiger partial charge < -0.3 is 10.6 Å². The molecule has 0 fully saturated rings. The van der Waals surface area contributed by atoms with Gasteiger partial charge in [-0.05, 0) is 23.1 Å². The van der Waals surface area contributed by atoms with Crippen molar-refractivity contribution in [2.24, 2.45) is 11.1 Å². The van der Waals surface area contributed by atoms with Gasteiger partial charge in [-0.2, -0.15) is 13.2 Å². The smallest absolute Gasteiger partial charge is 0.340 e. The molecule has 21 heavy (non-hydrogen) atoms. The number of hydrogen-bond acceptors (Lipinski definition) is 2. The largest absolute Gasteiger partial charge is 0.416 e. The van der Waals surface area contributed by atoms with Crippen molar-refractivity contribution in [2.75, 3.05) is 7.05 Å². The SMILES string of the molecule is CN(Cc1cccc(C(F)(F)F)c1)C(=O)[C@@H](N)C(C)(C)C. The molecule has 0 aliphatic heterocycles. The molecule has 6 heteroatoms. The van der Waals surface area contributed by atoms with Crippen LogP contribution in [-0.2, 0) is 17.5 Å². The zero-order valence-electron chi connectivity index (χ0n) is 12.7. The fraction of sp³-hybridized carbons (Fsp3) is 0.533. The summed E-state index contributed by atoms with van der Waals surface area (Å²) in [5, 5.41) is 0. The van der Waals surface area contributed by atoms with Gasteiger partial charge in [-0.3, -0.25) is 4.79 Å². The normalized spacial score (nSPS) is 13.9. The van der Waals surface area contributed by atoms with E-state index in [-0.39, 0.29) is 12.5 Å². The van der Waals surface area contributed by atoms with Gasteiger partial charge in [0.1, 0.15) is 0 Å². The summed E-state index contributed by atoms with van der Waals surface area (Å²) in [5.74, 6) is -0.292. The van der Waals surface area contributed by atoms with Gasteiger partial charge in [-0.15, -0.1) is 0 Å². The second-order valence-electron chi connectivity index (χ2n) is 6.24. The Morgan fingerprint density at radius 2 is 1.86 bits per heavy atom. The molecule has 0 aromatic heterocycles. The van der Waals surface area contributed by atoms with Crippen molar-refractivity contribution >= 4 is 5.91 Å². The van der Waals surface area contributed by atoms with Crippen LogP contribution in [0.1, 0.15) is 31.9 Å². The van der Waals surface area contributed by atoms with E-state index in [0.29, 0.717) is 5.56 Å². The average Bonchev–Trinajstić information content (AvgIpc) is 2.35. The number of carbonyl (C=O) groups excluding carboxylic acids is 1. The summed E-state index contributed by atoms with van der Waals surface area (Å²) >= 11 is 0. The van der Waals surface area contributed by atoms with Crippen LogP contribution in [0.2, 0.25) is 0 Å². The number of nitrogens with two attached hydrogens (primary N) is 1. The summed E-state index contributed by atoms with van der Waals surface area (Å²) in [6.07, 6.45) is -4.39. The molecule has 0 bridgehead atoms. The lowest BCUT2D eigenvalue weighted by molar-refractivity contribution is -0.137. The number of amides is 1. The van der Waals surface area contributed by atoms with Crippen molar-refractivity contribution in [1.82, 2.24) is 4.90 Å². The molecule has 0 aliphatic carbocycles. The minimum absolute atomic E-state index is 0.0898. The zero-order valence-corrected chi connectivity index (χ0v) is 12.7. The van der Waals surface area contributed by atoms with E-state index in [9.17, 15) is 18.0 Å². The monoisotopic (exact) mass is 302 g/mol. The van der Waals surface area contributed by atoms with Gasteiger partial charge >= 0.3 is 6.18 Å². The molecular formula is C15H21F3N2O. The molecule has 1 rings (SSSR count). The summed E-state index contributed by atoms with van der Waals surface area (Å²) in [5.41, 5.74) is 5.17. The van der Waals surface area contributed by atoms with E-state index < -0.39 is 23.2 Å². The minimum atomic E-state index is -4.39. The van der Waals surface area contributed by atoms with Gasteiger partial charge in [-0.25, -0.2) is 0 Å². The third kappa shape index (κ3) is 4.74. The van der Waals surface area contributed by atoms with Crippen molar-refractivity contribution < 1.29 is 18.0 Å². The van der Waals surface area contributed by atoms with Crippen LogP contribution in [-0.4, -0.2) is 23.9 Å². The predicted molar refractivity (Wildman–Crippen MR) is 75.3 cm³/mol. The van der Waals surface area contributed by atoms with Crippen molar-refractivity contribution in [3.8, 4) is 0 Å². The Morgan fingerprint density at radius 1 is 1.29 bits per heavy atom. The molecule has 0 saturated heterocycles. The van der Waals surface area contributed by atoms with Crippen LogP contribution in [0.3, 0.4) is 0 Å². The van der Waals surface area contributed by atoms with Crippen molar-refractivity contribution in [3.05, 3.63) is 35.4 Å². The fourth-order valence-electron chi connectivity index (χ4n) is 1.81. The number of likely N-dealkylation sites (N-methyl/N-ethyl adjacent to an activating group) is 1. The minimum Gasteiger partial charge on any atom is -0.340 e. The maximum Gasteiger partial charge on any atom is 0.416 e. The number of nitrogens with zero attached hydrogens (tertiary/aromatic N) is 1. The molecule has 0 unspecified atom stereocenters. The molecule has 1 atom stereocenters. The Hall–Kier alpha value is -1.56. The quantitative estimate of drug-likeness (QED) is 0.933. The number of rotatable bonds is 3. The van der Waals surface area contributed by atoms with Crippen LogP contribution in [0.4, 0.5) is 13.2 Å². The number of alkyl halides is 3. The first-order valence-corrected chi connectivity index (χ1v) is 6.59. The lowest BCUT2D eigenvalue weighted by Gasteiger charge is -2.30. The van der Waals surface area contributed by atoms with Gasteiger partial charge in [0.05, 0.1) is 11.6 Å². The lowest BCUT2D eigenvalue weighted by atomic mass is 9.86. The second-order valence-corrected chi connectivity index (χ2v) is 6.24. The molecule has 2 N–H and O–H groups in total. The molecular weight excluding hydrogens is 281 g/mol. The van der Waals surface area contributed by atoms with Gasteiger partial charge in [0, 0.05) is 13.6 Å². The highest BCUT2D eigenvalue weighted by atomic mass is 19.4. The Morgan fingerprint density at radius 3 is 2.33 bits per heavy atom. The Labute approximate surface area is 122 Å². The standard InChI is InChI=1S/C15H21F3N2O/c1-14(2,3)12(19)13(21)20(4)9-10-6-5-7-11(8-10)15(16,17)18/h5-8,12H,9,19H2,1-4H3/t12-/m1/s1. The molecule has 0 spiro atoms. The predicted octanol–water partition coefficient (Wildman–Crippen LogP) is 3.04. The molecule has 1 aromatic rings. The van der Waals surface area contributed by atoms with Crippen LogP contribution in [0.5, 0.6) is 0 Å². The third-order valence-electron chi connectivity index (χ3n) is 3.25. The summed E-state index contributed by atoms with van der Waals surface area (Å²) in [6, 6.07) is 4.24. The van der Waals surface area contributed by atoms with Crippen molar-refractivity contribution in [1.29, 1.82) is 0 Å². The van der Waals surface area contributed by atoms with Crippen LogP contribution in [0, 0.1) is 5.41 Å². The molecule has 1 amide bonds. The lowest BCUT2D eigenvalue weighted by Crippen LogP contribution is -2.48. The zero-order chi connectivity index (χ0) is 16.4. The van der Waals surface area contributed by atoms with Gasteiger partial charge in [0.25, 0.3) is 0 Å². The molecule has 0 heterocycles. The molecule has 1 aromatic carbocycles. The molecule has 0 aliphatic rings. The first-order valence-electron chi connectivity index (χ1n) is 6.59. The average molecular weight is 302 g/mol. The van der Waals surface area contributed by atoms with Gasteiger partial charge in [0.2, 0.25) is 5.91 Å². The van der Waals surface area contributed by atoms with E-state index in [2.05, 4.69) is 0 Å². The van der Waals surface area contributed by atoms with Gasteiger partial charge in [0.15, 0.2) is 0 Å². The summed E-state index contributed by atoms with van der Waals surface area (Å²) < 4.78 is 37.9. The van der Waals surface area contributed by atoms with E-state index in [1.165, 1.54) is 18.0 Å². The summed E-state index contributed by atoms with van der Waals surface area (Å²) in [4.78, 5) is 13.5. The van der Waals surface area contributed by atoms with E-state index in [1.807, 2.05) is 20.8 Å². The number of hydrogen-bond donors (Lipinski definition) is 1. The number of carbonyl (C=O) groups is 1. The topological polar surface area (TPSA) is 46.3 Å². The molecule has 3 nitrogen and oxygen atoms in total. The van der Waals surface area contributed by atoms with Crippen LogP contribution >= 0.6 is 0 Å². The number of halogens is 3. The summed E-state index contributed by atoms with van der Waals surface area (Å²) in [7, 11) is 1.54. The highest BCUT2D eigenvalue weighted by molar-refractivity contribution is 5.82. The number of benzene rings is 1. The highest BCUT2D eigenvalue weighted by Crippen LogP contribution is 2.29. The van der Waals surface area contributed by atoms with Crippen LogP contribution < -0.4 is 5.73 Å². The summed E-state index contributed by atoms with van der Waals surface area (Å²) in [6.45, 7) is 5.61. The van der Waals surface area contributed by atoms with E-state index in [0.717, 1.165) is 12.1 Å². The van der Waals surface area contributed by atoms with Crippen molar-refractivity contribution in [2.45, 2.75) is 39.5 Å². The maximum atomic E-state index is 12.6. The first-order chi connectivity index (χ1) is 9.43. The van der Waals surface area contributed by atoms with Crippen molar-refractivity contribution in [3.63, 3.8) is 0 Å². The van der Waals surface area contributed by atoms with Crippen LogP contribution in [0.15, 0.2) is 24.3 Å². The Bertz CT molecular complexity index is 506. The first kappa shape index (κ1) is 17.5. The van der Waals surface area contributed by atoms with E-state index in [4.69, 9.17) is 5.73 Å². The fourth-order valence-corrected chi connectivity index (χ4v) is 1.81. The Balaban J connectivity index is 2.84. The molecule has 0 radical (unpaired) electrons.